The zero-order valence-electron chi connectivity index (χ0n) is 11.5. The van der Waals surface area contributed by atoms with E-state index in [0.717, 1.165) is 0 Å². The van der Waals surface area contributed by atoms with Crippen LogP contribution in [0.1, 0.15) is 25.5 Å². The molecule has 0 heterocycles. The molecule has 0 saturated heterocycles. The lowest BCUT2D eigenvalue weighted by molar-refractivity contribution is 0.339. The first-order chi connectivity index (χ1) is 9.61. The number of hydrogen-bond donors (Lipinski definition) is 1. The molecule has 1 N–H and O–H groups in total. The van der Waals surface area contributed by atoms with Crippen LogP contribution in [-0.2, 0) is 0 Å². The quantitative estimate of drug-likeness (QED) is 0.866. The number of hydrogen-bond acceptors (Lipinski definition) is 2. The number of rotatable bonds is 5. The van der Waals surface area contributed by atoms with Crippen molar-refractivity contribution in [3.8, 4) is 5.75 Å². The van der Waals surface area contributed by atoms with E-state index in [4.69, 9.17) is 4.74 Å². The molecule has 106 valence electrons. The summed E-state index contributed by atoms with van der Waals surface area (Å²) in [6.45, 7) is 4.11. The molecule has 0 saturated carbocycles. The van der Waals surface area contributed by atoms with E-state index < -0.39 is 0 Å². The van der Waals surface area contributed by atoms with Crippen LogP contribution >= 0.6 is 0 Å². The number of ether oxygens (including phenoxy) is 1. The van der Waals surface area contributed by atoms with Gasteiger partial charge in [0.05, 0.1) is 18.3 Å². The molecule has 0 amide bonds. The van der Waals surface area contributed by atoms with Gasteiger partial charge in [0.1, 0.15) is 17.4 Å². The molecular formula is C16H17F2NO. The van der Waals surface area contributed by atoms with Gasteiger partial charge < -0.3 is 10.1 Å². The summed E-state index contributed by atoms with van der Waals surface area (Å²) < 4.78 is 32.3. The molecule has 0 aromatic heterocycles. The van der Waals surface area contributed by atoms with Gasteiger partial charge in [-0.15, -0.1) is 0 Å². The van der Waals surface area contributed by atoms with Crippen LogP contribution in [0.15, 0.2) is 42.5 Å². The Morgan fingerprint density at radius 3 is 2.60 bits per heavy atom. The molecule has 20 heavy (non-hydrogen) atoms. The fourth-order valence-corrected chi connectivity index (χ4v) is 2.03. The summed E-state index contributed by atoms with van der Waals surface area (Å²) in [4.78, 5) is 0. The minimum absolute atomic E-state index is 0.249. The smallest absolute Gasteiger partial charge is 0.145 e. The van der Waals surface area contributed by atoms with Gasteiger partial charge in [-0.1, -0.05) is 18.2 Å². The Kier molecular flexibility index (Phi) is 4.56. The van der Waals surface area contributed by atoms with Crippen molar-refractivity contribution in [2.24, 2.45) is 0 Å². The Morgan fingerprint density at radius 2 is 1.90 bits per heavy atom. The number of benzene rings is 2. The molecule has 0 bridgehead atoms. The van der Waals surface area contributed by atoms with Crippen LogP contribution in [0, 0.1) is 11.6 Å². The van der Waals surface area contributed by atoms with Gasteiger partial charge in [-0.05, 0) is 32.0 Å². The second-order valence-electron chi connectivity index (χ2n) is 4.46. The third-order valence-corrected chi connectivity index (χ3v) is 2.99. The molecular weight excluding hydrogens is 260 g/mol. The van der Waals surface area contributed by atoms with Gasteiger partial charge in [-0.25, -0.2) is 8.78 Å². The van der Waals surface area contributed by atoms with Crippen LogP contribution in [0.25, 0.3) is 0 Å². The minimum Gasteiger partial charge on any atom is -0.492 e. The van der Waals surface area contributed by atoms with Gasteiger partial charge >= 0.3 is 0 Å². The van der Waals surface area contributed by atoms with Crippen molar-refractivity contribution in [2.75, 3.05) is 11.9 Å². The Bertz CT molecular complexity index is 586. The molecule has 1 atom stereocenters. The highest BCUT2D eigenvalue weighted by Gasteiger charge is 2.13. The van der Waals surface area contributed by atoms with E-state index in [1.54, 1.807) is 24.3 Å². The third kappa shape index (κ3) is 3.26. The highest BCUT2D eigenvalue weighted by molar-refractivity contribution is 5.57. The third-order valence-electron chi connectivity index (χ3n) is 2.99. The first kappa shape index (κ1) is 14.3. The topological polar surface area (TPSA) is 21.3 Å². The van der Waals surface area contributed by atoms with E-state index in [2.05, 4.69) is 5.32 Å². The molecule has 0 fully saturated rings. The highest BCUT2D eigenvalue weighted by Crippen LogP contribution is 2.29. The van der Waals surface area contributed by atoms with Crippen LogP contribution in [-0.4, -0.2) is 6.61 Å². The predicted octanol–water partition coefficient (Wildman–Crippen LogP) is 4.54. The lowest BCUT2D eigenvalue weighted by Gasteiger charge is -2.19. The summed E-state index contributed by atoms with van der Waals surface area (Å²) in [6.07, 6.45) is 0. The molecule has 2 aromatic carbocycles. The standard InChI is InChI=1S/C16H17F2NO/c1-3-20-16-10-12(17)8-9-15(16)19-11(2)13-6-4-5-7-14(13)18/h4-11,19H,3H2,1-2H3. The molecule has 0 radical (unpaired) electrons. The Hall–Kier alpha value is -2.10. The molecule has 4 heteroatoms. The van der Waals surface area contributed by atoms with E-state index >= 15 is 0 Å². The van der Waals surface area contributed by atoms with Crippen LogP contribution in [0.4, 0.5) is 14.5 Å². The second kappa shape index (κ2) is 6.37. The van der Waals surface area contributed by atoms with Crippen LogP contribution in [0.5, 0.6) is 5.75 Å². The Labute approximate surface area is 117 Å². The summed E-state index contributed by atoms with van der Waals surface area (Å²) in [5, 5.41) is 3.15. The molecule has 0 aliphatic heterocycles. The lowest BCUT2D eigenvalue weighted by atomic mass is 10.1. The number of anilines is 1. The van der Waals surface area contributed by atoms with E-state index in [0.29, 0.717) is 23.6 Å². The molecule has 1 unspecified atom stereocenters. The van der Waals surface area contributed by atoms with Crippen molar-refractivity contribution in [1.82, 2.24) is 0 Å². The maximum atomic E-state index is 13.7. The van der Waals surface area contributed by atoms with Crippen molar-refractivity contribution in [1.29, 1.82) is 0 Å². The van der Waals surface area contributed by atoms with Crippen LogP contribution in [0.2, 0.25) is 0 Å². The fraction of sp³-hybridized carbons (Fsp3) is 0.250. The van der Waals surface area contributed by atoms with Crippen molar-refractivity contribution >= 4 is 5.69 Å². The summed E-state index contributed by atoms with van der Waals surface area (Å²) in [5.41, 5.74) is 1.20. The maximum Gasteiger partial charge on any atom is 0.145 e. The molecule has 0 aliphatic rings. The molecule has 2 rings (SSSR count). The van der Waals surface area contributed by atoms with E-state index in [9.17, 15) is 8.78 Å². The number of halogens is 2. The fourth-order valence-electron chi connectivity index (χ4n) is 2.03. The van der Waals surface area contributed by atoms with Gasteiger partial charge in [0.15, 0.2) is 0 Å². The zero-order chi connectivity index (χ0) is 14.5. The lowest BCUT2D eigenvalue weighted by Crippen LogP contribution is -2.10. The zero-order valence-corrected chi connectivity index (χ0v) is 11.5. The van der Waals surface area contributed by atoms with E-state index in [1.807, 2.05) is 13.8 Å². The minimum atomic E-state index is -0.363. The average Bonchev–Trinajstić information content (AvgIpc) is 2.42. The second-order valence-corrected chi connectivity index (χ2v) is 4.46. The molecule has 2 nitrogen and oxygen atoms in total. The van der Waals surface area contributed by atoms with Gasteiger partial charge in [-0.2, -0.15) is 0 Å². The molecule has 0 spiro atoms. The summed E-state index contributed by atoms with van der Waals surface area (Å²) >= 11 is 0. The normalized spacial score (nSPS) is 12.0. The Balaban J connectivity index is 2.23. The summed E-state index contributed by atoms with van der Waals surface area (Å²) in [6, 6.07) is 10.6. The largest absolute Gasteiger partial charge is 0.492 e. The van der Waals surface area contributed by atoms with Crippen molar-refractivity contribution in [3.05, 3.63) is 59.7 Å². The van der Waals surface area contributed by atoms with Crippen LogP contribution < -0.4 is 10.1 Å². The Morgan fingerprint density at radius 1 is 1.15 bits per heavy atom. The first-order valence-electron chi connectivity index (χ1n) is 6.55. The maximum absolute atomic E-state index is 13.7. The average molecular weight is 277 g/mol. The van der Waals surface area contributed by atoms with Crippen molar-refractivity contribution in [2.45, 2.75) is 19.9 Å². The van der Waals surface area contributed by atoms with Gasteiger partial charge in [0, 0.05) is 11.6 Å². The van der Waals surface area contributed by atoms with Crippen molar-refractivity contribution < 1.29 is 13.5 Å². The summed E-state index contributed by atoms with van der Waals surface area (Å²) in [5.74, 6) is -0.208. The number of nitrogens with one attached hydrogen (secondary N) is 1. The van der Waals surface area contributed by atoms with Crippen molar-refractivity contribution in [3.63, 3.8) is 0 Å². The molecule has 2 aromatic rings. The van der Waals surface area contributed by atoms with Gasteiger partial charge in [0.2, 0.25) is 0 Å². The predicted molar refractivity (Wildman–Crippen MR) is 76.0 cm³/mol. The SMILES string of the molecule is CCOc1cc(F)ccc1NC(C)c1ccccc1F. The monoisotopic (exact) mass is 277 g/mol. The highest BCUT2D eigenvalue weighted by atomic mass is 19.1. The van der Waals surface area contributed by atoms with E-state index in [-0.39, 0.29) is 17.7 Å². The van der Waals surface area contributed by atoms with Crippen LogP contribution in [0.3, 0.4) is 0 Å². The molecule has 0 aliphatic carbocycles. The van der Waals surface area contributed by atoms with E-state index in [1.165, 1.54) is 18.2 Å². The first-order valence-corrected chi connectivity index (χ1v) is 6.55. The summed E-state index contributed by atoms with van der Waals surface area (Å²) in [7, 11) is 0. The van der Waals surface area contributed by atoms with Gasteiger partial charge in [0.25, 0.3) is 0 Å². The van der Waals surface area contributed by atoms with Gasteiger partial charge in [-0.3, -0.25) is 0 Å².